The summed E-state index contributed by atoms with van der Waals surface area (Å²) in [5.41, 5.74) is 0. The lowest BCUT2D eigenvalue weighted by molar-refractivity contribution is -0.149. The molecule has 1 fully saturated rings. The standard InChI is InChI=1S/C8H13NO4/c1-5(10)4-13-8(12)6-2-3-7(11)9-6/h5-6,10H,2-4H2,1H3,(H,9,11)/t5?,6-/m0/s1. The van der Waals surface area contributed by atoms with Gasteiger partial charge in [-0.1, -0.05) is 0 Å². The maximum absolute atomic E-state index is 11.1. The van der Waals surface area contributed by atoms with Crippen LogP contribution in [0.5, 0.6) is 0 Å². The number of rotatable bonds is 3. The Morgan fingerprint density at radius 1 is 1.85 bits per heavy atom. The summed E-state index contributed by atoms with van der Waals surface area (Å²) in [5, 5.41) is 11.3. The Hall–Kier alpha value is -1.10. The zero-order valence-corrected chi connectivity index (χ0v) is 7.45. The minimum Gasteiger partial charge on any atom is -0.461 e. The van der Waals surface area contributed by atoms with Gasteiger partial charge in [-0.25, -0.2) is 4.79 Å². The number of aliphatic hydroxyl groups is 1. The molecule has 0 spiro atoms. The van der Waals surface area contributed by atoms with Crippen LogP contribution in [-0.2, 0) is 14.3 Å². The number of amides is 1. The van der Waals surface area contributed by atoms with E-state index in [2.05, 4.69) is 5.32 Å². The first-order valence-electron chi connectivity index (χ1n) is 4.23. The van der Waals surface area contributed by atoms with Crippen molar-refractivity contribution in [3.63, 3.8) is 0 Å². The van der Waals surface area contributed by atoms with Gasteiger partial charge in [0.05, 0.1) is 6.10 Å². The Bertz CT molecular complexity index is 214. The van der Waals surface area contributed by atoms with Crippen molar-refractivity contribution in [1.82, 2.24) is 5.32 Å². The molecule has 1 saturated heterocycles. The normalized spacial score (nSPS) is 23.8. The second kappa shape index (κ2) is 4.23. The summed E-state index contributed by atoms with van der Waals surface area (Å²) in [6.07, 6.45) is 0.187. The fourth-order valence-corrected chi connectivity index (χ4v) is 1.09. The molecule has 5 nitrogen and oxygen atoms in total. The van der Waals surface area contributed by atoms with Crippen molar-refractivity contribution in [3.05, 3.63) is 0 Å². The predicted octanol–water partition coefficient (Wildman–Crippen LogP) is -0.811. The van der Waals surface area contributed by atoms with E-state index < -0.39 is 18.1 Å². The lowest BCUT2D eigenvalue weighted by atomic mass is 10.2. The van der Waals surface area contributed by atoms with Crippen LogP contribution in [0, 0.1) is 0 Å². The fourth-order valence-electron chi connectivity index (χ4n) is 1.09. The summed E-state index contributed by atoms with van der Waals surface area (Å²) in [4.78, 5) is 21.9. The first kappa shape index (κ1) is 9.98. The van der Waals surface area contributed by atoms with Gasteiger partial charge in [0.1, 0.15) is 12.6 Å². The average molecular weight is 187 g/mol. The Balaban J connectivity index is 2.27. The molecule has 0 aromatic heterocycles. The van der Waals surface area contributed by atoms with Gasteiger partial charge >= 0.3 is 5.97 Å². The molecule has 0 saturated carbocycles. The third kappa shape index (κ3) is 3.02. The summed E-state index contributed by atoms with van der Waals surface area (Å²) < 4.78 is 4.73. The first-order chi connectivity index (χ1) is 6.09. The average Bonchev–Trinajstić information content (AvgIpc) is 2.47. The molecular formula is C8H13NO4. The molecule has 13 heavy (non-hydrogen) atoms. The van der Waals surface area contributed by atoms with E-state index in [1.54, 1.807) is 0 Å². The lowest BCUT2D eigenvalue weighted by Gasteiger charge is -2.10. The molecule has 1 amide bonds. The van der Waals surface area contributed by atoms with E-state index in [9.17, 15) is 9.59 Å². The minimum absolute atomic E-state index is 0.0226. The molecule has 1 aliphatic rings. The quantitative estimate of drug-likeness (QED) is 0.566. The molecule has 1 unspecified atom stereocenters. The van der Waals surface area contributed by atoms with E-state index >= 15 is 0 Å². The summed E-state index contributed by atoms with van der Waals surface area (Å²) in [6.45, 7) is 1.51. The number of nitrogens with one attached hydrogen (secondary N) is 1. The molecule has 0 aromatic carbocycles. The molecule has 1 rings (SSSR count). The summed E-state index contributed by atoms with van der Waals surface area (Å²) in [6, 6.07) is -0.522. The van der Waals surface area contributed by atoms with Gasteiger partial charge in [-0.15, -0.1) is 0 Å². The topological polar surface area (TPSA) is 75.6 Å². The van der Waals surface area contributed by atoms with Gasteiger partial charge < -0.3 is 15.2 Å². The third-order valence-electron chi connectivity index (χ3n) is 1.75. The van der Waals surface area contributed by atoms with E-state index in [1.807, 2.05) is 0 Å². The predicted molar refractivity (Wildman–Crippen MR) is 43.8 cm³/mol. The van der Waals surface area contributed by atoms with Crippen molar-refractivity contribution in [1.29, 1.82) is 0 Å². The van der Waals surface area contributed by atoms with Crippen molar-refractivity contribution in [3.8, 4) is 0 Å². The Labute approximate surface area is 76.1 Å². The zero-order valence-electron chi connectivity index (χ0n) is 7.45. The summed E-state index contributed by atoms with van der Waals surface area (Å²) >= 11 is 0. The number of ether oxygens (including phenoxy) is 1. The molecule has 0 radical (unpaired) electrons. The van der Waals surface area contributed by atoms with Gasteiger partial charge in [0.25, 0.3) is 0 Å². The van der Waals surface area contributed by atoms with E-state index in [0.29, 0.717) is 12.8 Å². The summed E-state index contributed by atoms with van der Waals surface area (Å²) in [7, 11) is 0. The van der Waals surface area contributed by atoms with E-state index in [4.69, 9.17) is 9.84 Å². The van der Waals surface area contributed by atoms with Crippen LogP contribution in [0.1, 0.15) is 19.8 Å². The molecule has 1 aliphatic heterocycles. The van der Waals surface area contributed by atoms with Crippen LogP contribution in [0.4, 0.5) is 0 Å². The van der Waals surface area contributed by atoms with Crippen LogP contribution < -0.4 is 5.32 Å². The smallest absolute Gasteiger partial charge is 0.328 e. The van der Waals surface area contributed by atoms with E-state index in [1.165, 1.54) is 6.92 Å². The van der Waals surface area contributed by atoms with Crippen LogP contribution in [0.15, 0.2) is 0 Å². The van der Waals surface area contributed by atoms with Crippen molar-refractivity contribution in [2.24, 2.45) is 0 Å². The highest BCUT2D eigenvalue weighted by Gasteiger charge is 2.28. The Morgan fingerprint density at radius 2 is 2.54 bits per heavy atom. The van der Waals surface area contributed by atoms with Crippen molar-refractivity contribution < 1.29 is 19.4 Å². The SMILES string of the molecule is CC(O)COC(=O)[C@@H]1CCC(=O)N1. The molecule has 2 N–H and O–H groups in total. The number of hydrogen-bond acceptors (Lipinski definition) is 4. The molecule has 5 heteroatoms. The Kier molecular flexibility index (Phi) is 3.25. The maximum Gasteiger partial charge on any atom is 0.328 e. The van der Waals surface area contributed by atoms with Crippen molar-refractivity contribution in [2.75, 3.05) is 6.61 Å². The van der Waals surface area contributed by atoms with Crippen molar-refractivity contribution >= 4 is 11.9 Å². The Morgan fingerprint density at radius 3 is 3.00 bits per heavy atom. The molecule has 74 valence electrons. The van der Waals surface area contributed by atoms with Crippen LogP contribution >= 0.6 is 0 Å². The van der Waals surface area contributed by atoms with Crippen LogP contribution in [0.3, 0.4) is 0 Å². The van der Waals surface area contributed by atoms with Gasteiger partial charge in [-0.2, -0.15) is 0 Å². The van der Waals surface area contributed by atoms with Crippen LogP contribution in [0.2, 0.25) is 0 Å². The second-order valence-corrected chi connectivity index (χ2v) is 3.14. The van der Waals surface area contributed by atoms with E-state index in [0.717, 1.165) is 0 Å². The monoisotopic (exact) mass is 187 g/mol. The highest BCUT2D eigenvalue weighted by Crippen LogP contribution is 2.07. The van der Waals surface area contributed by atoms with Gasteiger partial charge in [0.15, 0.2) is 0 Å². The number of hydrogen-bond donors (Lipinski definition) is 2. The van der Waals surface area contributed by atoms with Gasteiger partial charge in [-0.3, -0.25) is 4.79 Å². The van der Waals surface area contributed by atoms with Crippen molar-refractivity contribution in [2.45, 2.75) is 31.9 Å². The maximum atomic E-state index is 11.1. The third-order valence-corrected chi connectivity index (χ3v) is 1.75. The zero-order chi connectivity index (χ0) is 9.84. The highest BCUT2D eigenvalue weighted by atomic mass is 16.5. The highest BCUT2D eigenvalue weighted by molar-refractivity contribution is 5.87. The molecular weight excluding hydrogens is 174 g/mol. The first-order valence-corrected chi connectivity index (χ1v) is 4.23. The molecule has 0 aliphatic carbocycles. The number of aliphatic hydroxyl groups excluding tert-OH is 1. The number of esters is 1. The molecule has 1 heterocycles. The van der Waals surface area contributed by atoms with Crippen LogP contribution in [0.25, 0.3) is 0 Å². The largest absolute Gasteiger partial charge is 0.461 e. The minimum atomic E-state index is -0.666. The lowest BCUT2D eigenvalue weighted by Crippen LogP contribution is -2.35. The molecule has 0 bridgehead atoms. The van der Waals surface area contributed by atoms with Gasteiger partial charge in [-0.05, 0) is 13.3 Å². The summed E-state index contributed by atoms with van der Waals surface area (Å²) in [5.74, 6) is -0.592. The van der Waals surface area contributed by atoms with Gasteiger partial charge in [0, 0.05) is 6.42 Å². The van der Waals surface area contributed by atoms with E-state index in [-0.39, 0.29) is 12.5 Å². The fraction of sp³-hybridized carbons (Fsp3) is 0.750. The van der Waals surface area contributed by atoms with Crippen LogP contribution in [-0.4, -0.2) is 35.7 Å². The molecule has 0 aromatic rings. The number of carbonyl (C=O) groups excluding carboxylic acids is 2. The molecule has 2 atom stereocenters. The van der Waals surface area contributed by atoms with Gasteiger partial charge in [0.2, 0.25) is 5.91 Å². The second-order valence-electron chi connectivity index (χ2n) is 3.14. The number of carbonyl (C=O) groups is 2.